The van der Waals surface area contributed by atoms with Crippen molar-refractivity contribution in [1.82, 2.24) is 10.2 Å². The Morgan fingerprint density at radius 1 is 1.43 bits per heavy atom. The van der Waals surface area contributed by atoms with Crippen LogP contribution in [-0.4, -0.2) is 36.6 Å². The summed E-state index contributed by atoms with van der Waals surface area (Å²) in [6, 6.07) is 0.711. The molecule has 1 fully saturated rings. The van der Waals surface area contributed by atoms with Crippen LogP contribution in [0.3, 0.4) is 0 Å². The molecule has 2 atom stereocenters. The summed E-state index contributed by atoms with van der Waals surface area (Å²) in [6.07, 6.45) is 2.61. The van der Waals surface area contributed by atoms with Gasteiger partial charge in [-0.3, -0.25) is 4.90 Å². The van der Waals surface area contributed by atoms with Gasteiger partial charge in [0, 0.05) is 18.1 Å². The topological polar surface area (TPSA) is 15.3 Å². The van der Waals surface area contributed by atoms with Crippen LogP contribution in [-0.2, 0) is 0 Å². The van der Waals surface area contributed by atoms with Crippen LogP contribution in [0, 0.1) is 5.92 Å². The zero-order valence-electron chi connectivity index (χ0n) is 10.4. The minimum absolute atomic E-state index is 0.348. The summed E-state index contributed by atoms with van der Waals surface area (Å²) in [4.78, 5) is 2.61. The molecule has 0 bridgehead atoms. The molecule has 0 saturated carbocycles. The minimum Gasteiger partial charge on any atom is -0.317 e. The molecule has 0 radical (unpaired) electrons. The quantitative estimate of drug-likeness (QED) is 0.747. The van der Waals surface area contributed by atoms with Gasteiger partial charge in [0.1, 0.15) is 0 Å². The highest BCUT2D eigenvalue weighted by molar-refractivity contribution is 4.89. The molecule has 14 heavy (non-hydrogen) atoms. The lowest BCUT2D eigenvalue weighted by Gasteiger charge is -2.32. The van der Waals surface area contributed by atoms with Gasteiger partial charge < -0.3 is 5.32 Å². The van der Waals surface area contributed by atoms with E-state index in [0.717, 1.165) is 5.92 Å². The maximum atomic E-state index is 3.44. The number of rotatable bonds is 3. The highest BCUT2D eigenvalue weighted by atomic mass is 15.2. The monoisotopic (exact) mass is 198 g/mol. The first-order valence-electron chi connectivity index (χ1n) is 5.91. The summed E-state index contributed by atoms with van der Waals surface area (Å²) in [5, 5.41) is 3.44. The second kappa shape index (κ2) is 4.63. The van der Waals surface area contributed by atoms with Gasteiger partial charge in [-0.1, -0.05) is 6.92 Å². The van der Waals surface area contributed by atoms with Crippen LogP contribution in [0.1, 0.15) is 40.5 Å². The Morgan fingerprint density at radius 3 is 2.43 bits per heavy atom. The third-order valence-corrected chi connectivity index (χ3v) is 3.55. The van der Waals surface area contributed by atoms with Gasteiger partial charge in [-0.2, -0.15) is 0 Å². The van der Waals surface area contributed by atoms with Crippen molar-refractivity contribution in [3.8, 4) is 0 Å². The molecule has 0 aromatic heterocycles. The average Bonchev–Trinajstić information content (AvgIpc) is 2.54. The van der Waals surface area contributed by atoms with E-state index < -0.39 is 0 Å². The van der Waals surface area contributed by atoms with Crippen molar-refractivity contribution in [2.75, 3.05) is 20.1 Å². The zero-order valence-corrected chi connectivity index (χ0v) is 10.4. The van der Waals surface area contributed by atoms with E-state index in [9.17, 15) is 0 Å². The van der Waals surface area contributed by atoms with E-state index in [-0.39, 0.29) is 0 Å². The first-order chi connectivity index (χ1) is 6.49. The van der Waals surface area contributed by atoms with Gasteiger partial charge in [-0.25, -0.2) is 0 Å². The number of nitrogens with one attached hydrogen (secondary N) is 1. The summed E-state index contributed by atoms with van der Waals surface area (Å²) in [5.41, 5.74) is 0.348. The van der Waals surface area contributed by atoms with Crippen LogP contribution in [0.5, 0.6) is 0 Å². The van der Waals surface area contributed by atoms with E-state index in [2.05, 4.69) is 45.0 Å². The largest absolute Gasteiger partial charge is 0.317 e. The second-order valence-corrected chi connectivity index (χ2v) is 5.47. The molecule has 1 aliphatic rings. The number of likely N-dealkylation sites (tertiary alicyclic amines) is 1. The lowest BCUT2D eigenvalue weighted by molar-refractivity contribution is 0.163. The molecule has 84 valence electrons. The van der Waals surface area contributed by atoms with E-state index in [1.165, 1.54) is 25.9 Å². The van der Waals surface area contributed by atoms with Crippen LogP contribution in [0.25, 0.3) is 0 Å². The van der Waals surface area contributed by atoms with Gasteiger partial charge >= 0.3 is 0 Å². The Labute approximate surface area is 89.1 Å². The molecule has 1 heterocycles. The molecule has 1 rings (SSSR count). The fraction of sp³-hybridized carbons (Fsp3) is 1.00. The predicted molar refractivity (Wildman–Crippen MR) is 62.6 cm³/mol. The molecule has 1 N–H and O–H groups in total. The maximum Gasteiger partial charge on any atom is 0.0125 e. The molecular formula is C12H26N2. The van der Waals surface area contributed by atoms with Crippen molar-refractivity contribution >= 4 is 0 Å². The van der Waals surface area contributed by atoms with Crippen molar-refractivity contribution in [2.45, 2.75) is 52.1 Å². The lowest BCUT2D eigenvalue weighted by atomic mass is 9.97. The first kappa shape index (κ1) is 12.0. The van der Waals surface area contributed by atoms with E-state index >= 15 is 0 Å². The first-order valence-corrected chi connectivity index (χ1v) is 5.91. The van der Waals surface area contributed by atoms with E-state index in [1.807, 2.05) is 0 Å². The van der Waals surface area contributed by atoms with Gasteiger partial charge in [0.2, 0.25) is 0 Å². The molecule has 0 aromatic rings. The van der Waals surface area contributed by atoms with E-state index in [4.69, 9.17) is 0 Å². The molecule has 1 aliphatic heterocycles. The Morgan fingerprint density at radius 2 is 2.07 bits per heavy atom. The Balaban J connectivity index is 2.48. The predicted octanol–water partition coefficient (Wildman–Crippen LogP) is 2.10. The molecule has 2 heteroatoms. The van der Waals surface area contributed by atoms with Gasteiger partial charge in [0.25, 0.3) is 0 Å². The molecule has 0 spiro atoms. The van der Waals surface area contributed by atoms with Crippen LogP contribution < -0.4 is 5.32 Å². The van der Waals surface area contributed by atoms with Crippen molar-refractivity contribution in [3.05, 3.63) is 0 Å². The summed E-state index contributed by atoms with van der Waals surface area (Å²) >= 11 is 0. The Hall–Kier alpha value is -0.0800. The summed E-state index contributed by atoms with van der Waals surface area (Å²) < 4.78 is 0. The van der Waals surface area contributed by atoms with Crippen molar-refractivity contribution in [2.24, 2.45) is 5.92 Å². The van der Waals surface area contributed by atoms with Gasteiger partial charge in [-0.15, -0.1) is 0 Å². The summed E-state index contributed by atoms with van der Waals surface area (Å²) in [5.74, 6) is 0.851. The summed E-state index contributed by atoms with van der Waals surface area (Å²) in [7, 11) is 2.09. The summed E-state index contributed by atoms with van der Waals surface area (Å²) in [6.45, 7) is 11.8. The van der Waals surface area contributed by atoms with E-state index in [1.54, 1.807) is 0 Å². The SMILES string of the molecule is CCC(NC)C1CCN(C(C)(C)C)C1. The Kier molecular flexibility index (Phi) is 3.96. The van der Waals surface area contributed by atoms with Crippen LogP contribution in [0.15, 0.2) is 0 Å². The maximum absolute atomic E-state index is 3.44. The second-order valence-electron chi connectivity index (χ2n) is 5.47. The molecule has 0 aliphatic carbocycles. The molecular weight excluding hydrogens is 172 g/mol. The highest BCUT2D eigenvalue weighted by Crippen LogP contribution is 2.27. The van der Waals surface area contributed by atoms with Crippen LogP contribution in [0.4, 0.5) is 0 Å². The fourth-order valence-electron chi connectivity index (χ4n) is 2.50. The van der Waals surface area contributed by atoms with Gasteiger partial charge in [-0.05, 0) is 53.1 Å². The number of nitrogens with zero attached hydrogens (tertiary/aromatic N) is 1. The number of hydrogen-bond acceptors (Lipinski definition) is 2. The normalized spacial score (nSPS) is 26.8. The third-order valence-electron chi connectivity index (χ3n) is 3.55. The fourth-order valence-corrected chi connectivity index (χ4v) is 2.50. The Bertz CT molecular complexity index is 168. The lowest BCUT2D eigenvalue weighted by Crippen LogP contribution is -2.41. The molecule has 0 aromatic carbocycles. The number of hydrogen-bond donors (Lipinski definition) is 1. The highest BCUT2D eigenvalue weighted by Gasteiger charge is 2.32. The van der Waals surface area contributed by atoms with Crippen molar-refractivity contribution in [3.63, 3.8) is 0 Å². The van der Waals surface area contributed by atoms with Crippen LogP contribution in [0.2, 0.25) is 0 Å². The molecule has 2 unspecified atom stereocenters. The van der Waals surface area contributed by atoms with Crippen LogP contribution >= 0.6 is 0 Å². The van der Waals surface area contributed by atoms with Gasteiger partial charge in [0.05, 0.1) is 0 Å². The molecule has 1 saturated heterocycles. The minimum atomic E-state index is 0.348. The average molecular weight is 198 g/mol. The third kappa shape index (κ3) is 2.71. The van der Waals surface area contributed by atoms with E-state index in [0.29, 0.717) is 11.6 Å². The molecule has 0 amide bonds. The van der Waals surface area contributed by atoms with Crippen molar-refractivity contribution in [1.29, 1.82) is 0 Å². The molecule has 2 nitrogen and oxygen atoms in total. The standard InChI is InChI=1S/C12H26N2/c1-6-11(13-5)10-7-8-14(9-10)12(2,3)4/h10-11,13H,6-9H2,1-5H3. The smallest absolute Gasteiger partial charge is 0.0125 e. The van der Waals surface area contributed by atoms with Crippen molar-refractivity contribution < 1.29 is 0 Å². The van der Waals surface area contributed by atoms with Gasteiger partial charge in [0.15, 0.2) is 0 Å². The zero-order chi connectivity index (χ0) is 10.8.